The fourth-order valence-corrected chi connectivity index (χ4v) is 6.43. The molecule has 0 spiro atoms. The number of rotatable bonds is 39. The van der Waals surface area contributed by atoms with Crippen LogP contribution in [0.5, 0.6) is 0 Å². The van der Waals surface area contributed by atoms with Gasteiger partial charge in [0, 0.05) is 12.8 Å². The van der Waals surface area contributed by atoms with E-state index in [4.69, 9.17) is 18.5 Å². The molecule has 316 valence electrons. The first kappa shape index (κ1) is 52.2. The Bertz CT molecular complexity index is 1020. The van der Waals surface area contributed by atoms with Crippen molar-refractivity contribution >= 4 is 19.8 Å². The minimum absolute atomic E-state index is 0.0244. The van der Waals surface area contributed by atoms with Crippen molar-refractivity contribution in [1.82, 2.24) is 0 Å². The fourth-order valence-electron chi connectivity index (χ4n) is 5.68. The van der Waals surface area contributed by atoms with Crippen molar-refractivity contribution in [3.8, 4) is 0 Å². The Hall–Kier alpha value is -1.77. The standard InChI is InChI=1S/C44H82NO8P/c1-6-8-10-12-14-16-18-20-22-24-26-28-30-32-34-36-43(46)50-40-42(41-52-54(48,49)51-39-38-45(3,4)5)53-44(47)37-35-33-31-29-27-25-23-21-19-17-15-13-11-9-7-2/h20-23,27,29,42H,6-19,24-26,28,30-41H2,1-5H3/p+1/b22-20-,23-21-,29-27-. The van der Waals surface area contributed by atoms with Gasteiger partial charge >= 0.3 is 19.8 Å². The molecule has 0 aromatic carbocycles. The second kappa shape index (κ2) is 36.8. The van der Waals surface area contributed by atoms with Crippen LogP contribution in [-0.4, -0.2) is 74.9 Å². The van der Waals surface area contributed by atoms with Gasteiger partial charge in [0.25, 0.3) is 0 Å². The van der Waals surface area contributed by atoms with Gasteiger partial charge in [0.05, 0.1) is 27.7 Å². The molecule has 2 unspecified atom stereocenters. The molecule has 0 aliphatic carbocycles. The second-order valence-corrected chi connectivity index (χ2v) is 17.2. The zero-order valence-electron chi connectivity index (χ0n) is 35.5. The minimum atomic E-state index is -4.38. The van der Waals surface area contributed by atoms with Crippen LogP contribution < -0.4 is 0 Å². The second-order valence-electron chi connectivity index (χ2n) is 15.7. The summed E-state index contributed by atoms with van der Waals surface area (Å²) >= 11 is 0. The van der Waals surface area contributed by atoms with E-state index < -0.39 is 26.5 Å². The number of hydrogen-bond acceptors (Lipinski definition) is 7. The first-order valence-corrected chi connectivity index (χ1v) is 23.2. The third kappa shape index (κ3) is 39.9. The van der Waals surface area contributed by atoms with E-state index in [0.29, 0.717) is 17.4 Å². The summed E-state index contributed by atoms with van der Waals surface area (Å²) in [6, 6.07) is 0. The lowest BCUT2D eigenvalue weighted by Gasteiger charge is -2.24. The molecular weight excluding hydrogens is 701 g/mol. The SMILES string of the molecule is CCCCCCCC/C=C\C/C=C\CCCCC(=O)OC(COC(=O)CCCCCCC/C=C\CCCCCCCC)COP(=O)(O)OCC[N+](C)(C)C. The molecule has 0 aromatic heterocycles. The van der Waals surface area contributed by atoms with Crippen molar-refractivity contribution in [1.29, 1.82) is 0 Å². The highest BCUT2D eigenvalue weighted by Gasteiger charge is 2.27. The number of hydrogen-bond donors (Lipinski definition) is 1. The first-order chi connectivity index (χ1) is 26.0. The van der Waals surface area contributed by atoms with E-state index in [2.05, 4.69) is 50.3 Å². The van der Waals surface area contributed by atoms with Crippen molar-refractivity contribution in [2.45, 2.75) is 187 Å². The highest BCUT2D eigenvalue weighted by molar-refractivity contribution is 7.47. The van der Waals surface area contributed by atoms with Crippen LogP contribution in [0.3, 0.4) is 0 Å². The van der Waals surface area contributed by atoms with Gasteiger partial charge in [-0.15, -0.1) is 0 Å². The smallest absolute Gasteiger partial charge is 0.462 e. The number of nitrogens with zero attached hydrogens (tertiary/aromatic N) is 1. The number of esters is 2. The average Bonchev–Trinajstić information content (AvgIpc) is 3.12. The predicted octanol–water partition coefficient (Wildman–Crippen LogP) is 12.1. The van der Waals surface area contributed by atoms with Gasteiger partial charge in [0.2, 0.25) is 0 Å². The third-order valence-corrected chi connectivity index (χ3v) is 10.1. The lowest BCUT2D eigenvalue weighted by atomic mass is 10.1. The van der Waals surface area contributed by atoms with Crippen molar-refractivity contribution in [2.24, 2.45) is 0 Å². The van der Waals surface area contributed by atoms with Crippen molar-refractivity contribution in [3.63, 3.8) is 0 Å². The van der Waals surface area contributed by atoms with Crippen LogP contribution >= 0.6 is 7.82 Å². The average molecular weight is 785 g/mol. The van der Waals surface area contributed by atoms with Crippen LogP contribution in [0.1, 0.15) is 181 Å². The molecule has 0 rings (SSSR count). The van der Waals surface area contributed by atoms with Gasteiger partial charge in [-0.05, 0) is 70.6 Å². The van der Waals surface area contributed by atoms with Crippen LogP contribution in [-0.2, 0) is 32.7 Å². The van der Waals surface area contributed by atoms with Gasteiger partial charge in [-0.1, -0.05) is 134 Å². The molecule has 0 aliphatic heterocycles. The van der Waals surface area contributed by atoms with E-state index in [1.54, 1.807) is 0 Å². The Labute approximate surface area is 331 Å². The normalized spacial score (nSPS) is 14.0. The van der Waals surface area contributed by atoms with Crippen molar-refractivity contribution in [2.75, 3.05) is 47.5 Å². The summed E-state index contributed by atoms with van der Waals surface area (Å²) in [6.45, 7) is 4.36. The molecule has 10 heteroatoms. The molecule has 0 saturated carbocycles. The van der Waals surface area contributed by atoms with Gasteiger partial charge in [0.1, 0.15) is 19.8 Å². The van der Waals surface area contributed by atoms with E-state index in [9.17, 15) is 19.0 Å². The van der Waals surface area contributed by atoms with Gasteiger partial charge in [-0.2, -0.15) is 0 Å². The summed E-state index contributed by atoms with van der Waals surface area (Å²) in [6.07, 6.45) is 40.5. The molecule has 0 fully saturated rings. The van der Waals surface area contributed by atoms with E-state index in [0.717, 1.165) is 64.2 Å². The summed E-state index contributed by atoms with van der Waals surface area (Å²) in [5.41, 5.74) is 0. The number of carbonyl (C=O) groups excluding carboxylic acids is 2. The third-order valence-electron chi connectivity index (χ3n) is 9.14. The van der Waals surface area contributed by atoms with E-state index >= 15 is 0 Å². The molecule has 1 N–H and O–H groups in total. The highest BCUT2D eigenvalue weighted by Crippen LogP contribution is 2.43. The summed E-state index contributed by atoms with van der Waals surface area (Å²) in [5.74, 6) is -0.846. The topological polar surface area (TPSA) is 108 Å². The fraction of sp³-hybridized carbons (Fsp3) is 0.818. The van der Waals surface area contributed by atoms with Crippen molar-refractivity contribution in [3.05, 3.63) is 36.5 Å². The number of phosphoric ester groups is 1. The highest BCUT2D eigenvalue weighted by atomic mass is 31.2. The molecule has 0 bridgehead atoms. The van der Waals surface area contributed by atoms with E-state index in [1.807, 2.05) is 21.1 Å². The zero-order chi connectivity index (χ0) is 40.0. The monoisotopic (exact) mass is 785 g/mol. The quantitative estimate of drug-likeness (QED) is 0.0216. The molecule has 0 heterocycles. The summed E-state index contributed by atoms with van der Waals surface area (Å²) in [4.78, 5) is 35.3. The number of quaternary nitrogens is 1. The summed E-state index contributed by atoms with van der Waals surface area (Å²) in [5, 5.41) is 0. The minimum Gasteiger partial charge on any atom is -0.462 e. The van der Waals surface area contributed by atoms with Gasteiger partial charge in [-0.3, -0.25) is 18.6 Å². The molecule has 54 heavy (non-hydrogen) atoms. The molecular formula is C44H83NO8P+. The number of ether oxygens (including phenoxy) is 2. The Morgan fingerprint density at radius 3 is 1.52 bits per heavy atom. The maximum atomic E-state index is 12.7. The molecule has 0 aliphatic rings. The Morgan fingerprint density at radius 2 is 1.00 bits per heavy atom. The van der Waals surface area contributed by atoms with Crippen molar-refractivity contribution < 1.29 is 42.1 Å². The van der Waals surface area contributed by atoms with Crippen LogP contribution in [0.2, 0.25) is 0 Å². The molecule has 0 aromatic rings. The number of unbranched alkanes of at least 4 members (excludes halogenated alkanes) is 19. The van der Waals surface area contributed by atoms with Gasteiger partial charge in [-0.25, -0.2) is 4.57 Å². The number of likely N-dealkylation sites (N-methyl/N-ethyl adjacent to an activating group) is 1. The van der Waals surface area contributed by atoms with Crippen LogP contribution in [0.15, 0.2) is 36.5 Å². The molecule has 0 radical (unpaired) electrons. The van der Waals surface area contributed by atoms with Gasteiger partial charge < -0.3 is 18.9 Å². The number of phosphoric acid groups is 1. The van der Waals surface area contributed by atoms with Gasteiger partial charge in [0.15, 0.2) is 6.10 Å². The largest absolute Gasteiger partial charge is 0.472 e. The lowest BCUT2D eigenvalue weighted by Crippen LogP contribution is -2.37. The predicted molar refractivity (Wildman–Crippen MR) is 224 cm³/mol. The molecule has 9 nitrogen and oxygen atoms in total. The maximum Gasteiger partial charge on any atom is 0.472 e. The van der Waals surface area contributed by atoms with Crippen LogP contribution in [0.4, 0.5) is 0 Å². The number of carbonyl (C=O) groups is 2. The Balaban J connectivity index is 4.44. The zero-order valence-corrected chi connectivity index (χ0v) is 36.3. The maximum absolute atomic E-state index is 12.7. The number of allylic oxidation sites excluding steroid dienone is 6. The van der Waals surface area contributed by atoms with Crippen LogP contribution in [0.25, 0.3) is 0 Å². The van der Waals surface area contributed by atoms with E-state index in [-0.39, 0.29) is 32.0 Å². The summed E-state index contributed by atoms with van der Waals surface area (Å²) in [7, 11) is 1.45. The van der Waals surface area contributed by atoms with E-state index in [1.165, 1.54) is 83.5 Å². The Kier molecular flexibility index (Phi) is 35.6. The first-order valence-electron chi connectivity index (χ1n) is 21.7. The Morgan fingerprint density at radius 1 is 0.574 bits per heavy atom. The molecule has 2 atom stereocenters. The summed E-state index contributed by atoms with van der Waals surface area (Å²) < 4.78 is 34.2. The molecule has 0 saturated heterocycles. The molecule has 0 amide bonds. The lowest BCUT2D eigenvalue weighted by molar-refractivity contribution is -0.870. The van der Waals surface area contributed by atoms with Crippen LogP contribution in [0, 0.1) is 0 Å².